The molecule has 0 saturated heterocycles. The first-order chi connectivity index (χ1) is 36.6. The van der Waals surface area contributed by atoms with Gasteiger partial charge in [-0.3, -0.25) is 9.97 Å². The first-order valence-corrected chi connectivity index (χ1v) is 27.3. The molecule has 9 aromatic rings. The SMILES string of the molecule is CN1CCc2c(n(CC3(c4ccc(F)cc4)CC3)c3ccc(Cl)cc23)C1.Cc1ccc(C(O)Cn2c3c(c4ccc(Cl)cc42)CCN(C)C3)cn1.Cc1ccc(C(O)Cn2c3c(c4cccc(F)c42)CCN(C)C3)cn1. The second-order valence-corrected chi connectivity index (χ2v) is 22.7. The minimum atomic E-state index is -0.723. The van der Waals surface area contributed by atoms with E-state index in [1.165, 1.54) is 56.0 Å². The quantitative estimate of drug-likeness (QED) is 0.149. The van der Waals surface area contributed by atoms with Crippen LogP contribution in [-0.4, -0.2) is 89.4 Å². The van der Waals surface area contributed by atoms with E-state index in [2.05, 4.69) is 73.1 Å². The van der Waals surface area contributed by atoms with Crippen molar-refractivity contribution in [1.82, 2.24) is 38.4 Å². The van der Waals surface area contributed by atoms with E-state index in [0.29, 0.717) is 18.6 Å². The van der Waals surface area contributed by atoms with Gasteiger partial charge in [-0.15, -0.1) is 0 Å². The van der Waals surface area contributed by atoms with E-state index in [0.717, 1.165) is 127 Å². The minimum absolute atomic E-state index is 0.142. The lowest BCUT2D eigenvalue weighted by atomic mass is 9.95. The smallest absolute Gasteiger partial charge is 0.147 e. The molecule has 5 aromatic heterocycles. The lowest BCUT2D eigenvalue weighted by Crippen LogP contribution is -2.29. The molecular formula is C62H66Cl2F2N8O2. The second kappa shape index (κ2) is 21.5. The summed E-state index contributed by atoms with van der Waals surface area (Å²) in [7, 11) is 6.39. The van der Waals surface area contributed by atoms with Crippen LogP contribution in [0.2, 0.25) is 10.0 Å². The van der Waals surface area contributed by atoms with Gasteiger partial charge < -0.3 is 38.6 Å². The van der Waals surface area contributed by atoms with E-state index in [-0.39, 0.29) is 17.0 Å². The molecule has 4 aromatic carbocycles. The summed E-state index contributed by atoms with van der Waals surface area (Å²) in [4.78, 5) is 15.5. The van der Waals surface area contributed by atoms with Gasteiger partial charge in [-0.1, -0.05) is 65.7 Å². The normalized spacial score (nSPS) is 17.1. The zero-order chi connectivity index (χ0) is 53.0. The highest BCUT2D eigenvalue weighted by atomic mass is 35.5. The van der Waals surface area contributed by atoms with Gasteiger partial charge in [-0.05, 0) is 150 Å². The molecule has 76 heavy (non-hydrogen) atoms. The van der Waals surface area contributed by atoms with Crippen LogP contribution in [0.1, 0.15) is 86.9 Å². The highest BCUT2D eigenvalue weighted by molar-refractivity contribution is 6.31. The largest absolute Gasteiger partial charge is 0.386 e. The molecule has 0 bridgehead atoms. The molecule has 13 rings (SSSR count). The van der Waals surface area contributed by atoms with E-state index in [1.54, 1.807) is 30.6 Å². The number of hydrogen-bond donors (Lipinski definition) is 2. The molecule has 2 atom stereocenters. The summed E-state index contributed by atoms with van der Waals surface area (Å²) >= 11 is 12.6. The predicted octanol–water partition coefficient (Wildman–Crippen LogP) is 12.1. The number of hydrogen-bond acceptors (Lipinski definition) is 7. The number of fused-ring (bicyclic) bond motifs is 9. The van der Waals surface area contributed by atoms with Gasteiger partial charge in [0.05, 0.1) is 36.3 Å². The molecule has 4 aliphatic rings. The fraction of sp³-hybridized carbons (Fsp3) is 0.355. The van der Waals surface area contributed by atoms with Crippen LogP contribution in [0.5, 0.6) is 0 Å². The van der Waals surface area contributed by atoms with Crippen molar-refractivity contribution in [3.05, 3.63) is 199 Å². The fourth-order valence-corrected chi connectivity index (χ4v) is 12.3. The fourth-order valence-electron chi connectivity index (χ4n) is 12.0. The number of aromatic nitrogens is 5. The van der Waals surface area contributed by atoms with Crippen LogP contribution >= 0.6 is 23.2 Å². The highest BCUT2D eigenvalue weighted by Gasteiger charge is 2.45. The maximum Gasteiger partial charge on any atom is 0.147 e. The number of pyridine rings is 2. The van der Waals surface area contributed by atoms with Crippen molar-refractivity contribution >= 4 is 55.9 Å². The van der Waals surface area contributed by atoms with E-state index in [9.17, 15) is 19.0 Å². The Morgan fingerprint density at radius 2 is 1.09 bits per heavy atom. The van der Waals surface area contributed by atoms with Crippen molar-refractivity contribution in [2.45, 2.75) is 103 Å². The van der Waals surface area contributed by atoms with Crippen molar-refractivity contribution in [2.75, 3.05) is 40.8 Å². The summed E-state index contributed by atoms with van der Waals surface area (Å²) in [5, 5.41) is 26.5. The minimum Gasteiger partial charge on any atom is -0.386 e. The Morgan fingerprint density at radius 3 is 1.67 bits per heavy atom. The number of benzene rings is 4. The summed E-state index contributed by atoms with van der Waals surface area (Å²) < 4.78 is 34.7. The number of para-hydroxylation sites is 1. The summed E-state index contributed by atoms with van der Waals surface area (Å²) in [5.41, 5.74) is 15.7. The molecule has 2 unspecified atom stereocenters. The van der Waals surface area contributed by atoms with Crippen molar-refractivity contribution in [3.8, 4) is 0 Å². The number of aliphatic hydroxyl groups excluding tert-OH is 2. The van der Waals surface area contributed by atoms with Gasteiger partial charge in [-0.25, -0.2) is 8.78 Å². The number of halogens is 4. The molecule has 0 amide bonds. The van der Waals surface area contributed by atoms with Gasteiger partial charge in [0.2, 0.25) is 0 Å². The predicted molar refractivity (Wildman–Crippen MR) is 301 cm³/mol. The average molecular weight is 1060 g/mol. The van der Waals surface area contributed by atoms with Crippen LogP contribution in [0.3, 0.4) is 0 Å². The van der Waals surface area contributed by atoms with E-state index in [4.69, 9.17) is 23.2 Å². The zero-order valence-corrected chi connectivity index (χ0v) is 45.5. The molecule has 10 nitrogen and oxygen atoms in total. The Balaban J connectivity index is 0.000000122. The number of aliphatic hydroxyl groups is 2. The van der Waals surface area contributed by atoms with Crippen LogP contribution in [-0.2, 0) is 63.9 Å². The summed E-state index contributed by atoms with van der Waals surface area (Å²) in [6.45, 7) is 11.4. The first kappa shape index (κ1) is 52.1. The Kier molecular flexibility index (Phi) is 14.7. The number of nitrogens with zero attached hydrogens (tertiary/aromatic N) is 8. The molecule has 3 aliphatic heterocycles. The van der Waals surface area contributed by atoms with Crippen molar-refractivity contribution < 1.29 is 19.0 Å². The molecule has 1 fully saturated rings. The molecule has 1 aliphatic carbocycles. The molecule has 394 valence electrons. The van der Waals surface area contributed by atoms with Crippen molar-refractivity contribution in [3.63, 3.8) is 0 Å². The maximum absolute atomic E-state index is 14.6. The van der Waals surface area contributed by atoms with Crippen LogP contribution in [0.4, 0.5) is 8.78 Å². The molecule has 2 N–H and O–H groups in total. The Hall–Kier alpha value is -5.96. The average Bonchev–Trinajstić information content (AvgIpc) is 4.03. The lowest BCUT2D eigenvalue weighted by molar-refractivity contribution is 0.154. The number of rotatable bonds is 9. The van der Waals surface area contributed by atoms with Gasteiger partial charge in [-0.2, -0.15) is 0 Å². The first-order valence-electron chi connectivity index (χ1n) is 26.5. The molecule has 8 heterocycles. The lowest BCUT2D eigenvalue weighted by Gasteiger charge is -2.26. The van der Waals surface area contributed by atoms with Gasteiger partial charge in [0.15, 0.2) is 0 Å². The summed E-state index contributed by atoms with van der Waals surface area (Å²) in [5.74, 6) is -0.395. The van der Waals surface area contributed by atoms with Gasteiger partial charge in [0.25, 0.3) is 0 Å². The van der Waals surface area contributed by atoms with Crippen LogP contribution < -0.4 is 0 Å². The van der Waals surface area contributed by atoms with Gasteiger partial charge in [0.1, 0.15) is 11.6 Å². The number of likely N-dealkylation sites (N-methyl/N-ethyl adjacent to an activating group) is 3. The monoisotopic (exact) mass is 1060 g/mol. The van der Waals surface area contributed by atoms with E-state index >= 15 is 0 Å². The second-order valence-electron chi connectivity index (χ2n) is 21.8. The third-order valence-electron chi connectivity index (χ3n) is 16.4. The third-order valence-corrected chi connectivity index (χ3v) is 16.8. The Bertz CT molecular complexity index is 3570. The Labute approximate surface area is 453 Å². The topological polar surface area (TPSA) is 90.8 Å². The third kappa shape index (κ3) is 10.5. The van der Waals surface area contributed by atoms with Crippen LogP contribution in [0.15, 0.2) is 116 Å². The van der Waals surface area contributed by atoms with Crippen LogP contribution in [0.25, 0.3) is 32.7 Å². The molecule has 0 radical (unpaired) electrons. The number of aryl methyl sites for hydroxylation is 2. The summed E-state index contributed by atoms with van der Waals surface area (Å²) in [6.07, 6.45) is 7.46. The molecular weight excluding hydrogens is 998 g/mol. The maximum atomic E-state index is 14.6. The van der Waals surface area contributed by atoms with Crippen molar-refractivity contribution in [1.29, 1.82) is 0 Å². The van der Waals surface area contributed by atoms with Gasteiger partial charge in [0, 0.05) is 135 Å². The van der Waals surface area contributed by atoms with E-state index in [1.807, 2.05) is 79.1 Å². The van der Waals surface area contributed by atoms with Crippen LogP contribution in [0, 0.1) is 25.5 Å². The standard InChI is InChI=1S/C22H22ClFN2.C20H22ClN3O.C20H22FN3O/c1-25-11-8-18-19-12-16(23)4-7-20(19)26(21(18)13-25)14-22(9-10-22)15-2-5-17(24)6-3-15;1-13-3-4-14(10-22-13)20(25)12-24-18-9-15(21)5-6-16(18)17-7-8-23(2)11-19(17)24;1-13-6-7-14(10-22-13)19(25)12-24-18-11-23(2)9-8-15(18)16-4-3-5-17(21)20(16)24/h2-7,12H,8-11,13-14H2,1H3;3-6,9-10,20,25H,7-8,11-12H2,1-2H3;3-7,10,19,25H,8-9,11-12H2,1-2H3. The van der Waals surface area contributed by atoms with Crippen molar-refractivity contribution in [2.24, 2.45) is 0 Å². The molecule has 0 spiro atoms. The zero-order valence-electron chi connectivity index (χ0n) is 44.0. The highest BCUT2D eigenvalue weighted by Crippen LogP contribution is 2.51. The summed E-state index contributed by atoms with van der Waals surface area (Å²) in [6, 6.07) is 32.3. The Morgan fingerprint density at radius 1 is 0.566 bits per heavy atom. The molecule has 14 heteroatoms. The van der Waals surface area contributed by atoms with E-state index < -0.39 is 12.2 Å². The van der Waals surface area contributed by atoms with Gasteiger partial charge >= 0.3 is 0 Å². The molecule has 1 saturated carbocycles.